The van der Waals surface area contributed by atoms with Crippen LogP contribution in [0.1, 0.15) is 6.23 Å². The number of rotatable bonds is 8. The van der Waals surface area contributed by atoms with Gasteiger partial charge in [0.2, 0.25) is 0 Å². The maximum atomic E-state index is 12.2. The second-order valence-corrected chi connectivity index (χ2v) is 10.7. The summed E-state index contributed by atoms with van der Waals surface area (Å²) in [6.45, 7) is -1.07. The average molecular weight is 536 g/mol. The molecule has 0 radical (unpaired) electrons. The maximum Gasteiger partial charge on any atom is 0.490 e. The van der Waals surface area contributed by atoms with Crippen molar-refractivity contribution >= 4 is 34.5 Å². The number of fused-ring (bicyclic) bond motifs is 1. The van der Waals surface area contributed by atoms with Crippen molar-refractivity contribution in [2.45, 2.75) is 24.5 Å². The first kappa shape index (κ1) is 25.9. The Bertz CT molecular complexity index is 1300. The number of aliphatic hydroxyl groups excluding tert-OH is 2. The third-order valence-electron chi connectivity index (χ3n) is 4.02. The van der Waals surface area contributed by atoms with Crippen LogP contribution in [-0.4, -0.2) is 74.2 Å². The Hall–Kier alpha value is -1.69. The number of aliphatic hydroxyl groups is 2. The van der Waals surface area contributed by atoms with Crippen LogP contribution in [0, 0.1) is 0 Å². The number of imidazole rings is 1. The van der Waals surface area contributed by atoms with Crippen LogP contribution < -0.4 is 11.1 Å². The predicted octanol–water partition coefficient (Wildman–Crippen LogP) is -2.56. The van der Waals surface area contributed by atoms with E-state index in [9.17, 15) is 38.4 Å². The van der Waals surface area contributed by atoms with Gasteiger partial charge in [-0.2, -0.15) is 13.6 Å². The lowest BCUT2D eigenvalue weighted by atomic mass is 10.1. The normalized spacial score (nSPS) is 27.3. The molecule has 6 atom stereocenters. The molecular weight excluding hydrogens is 521 g/mol. The quantitative estimate of drug-likeness (QED) is 0.171. The third-order valence-corrected chi connectivity index (χ3v) is 7.82. The van der Waals surface area contributed by atoms with Gasteiger partial charge in [0, 0.05) is 0 Å². The lowest BCUT2D eigenvalue weighted by molar-refractivity contribution is -0.0501. The number of aromatic nitrogens is 4. The fourth-order valence-corrected chi connectivity index (χ4v) is 5.81. The van der Waals surface area contributed by atoms with Gasteiger partial charge >= 0.3 is 23.5 Å². The maximum absolute atomic E-state index is 12.2. The molecule has 2 unspecified atom stereocenters. The highest BCUT2D eigenvalue weighted by Gasteiger charge is 2.47. The molecular formula is C11H15N4O15P3. The number of phosphoric acid groups is 3. The van der Waals surface area contributed by atoms with E-state index >= 15 is 0 Å². The molecule has 2 aromatic heterocycles. The number of hydrogen-bond acceptors (Lipinski definition) is 13. The van der Waals surface area contributed by atoms with Gasteiger partial charge in [-0.1, -0.05) is 0 Å². The summed E-state index contributed by atoms with van der Waals surface area (Å²) in [6, 6.07) is 0. The van der Waals surface area contributed by atoms with Crippen molar-refractivity contribution in [2.24, 2.45) is 0 Å². The van der Waals surface area contributed by atoms with Crippen LogP contribution in [0.5, 0.6) is 0 Å². The van der Waals surface area contributed by atoms with Gasteiger partial charge in [-0.3, -0.25) is 18.7 Å². The van der Waals surface area contributed by atoms with Crippen molar-refractivity contribution in [1.29, 1.82) is 0 Å². The molecule has 0 amide bonds. The molecule has 0 aromatic carbocycles. The summed E-state index contributed by atoms with van der Waals surface area (Å²) >= 11 is 0. The SMILES string of the molecule is O=c1nc[nH]c(=O)c2c1ncn2[C@H]1O[C@@H](COP(=O)(O)OP(=O)(O)OP(=O)(O)O)[C@H](O)[C@@H]1O. The second kappa shape index (κ2) is 9.16. The molecule has 7 N–H and O–H groups in total. The first-order chi connectivity index (χ1) is 15.1. The van der Waals surface area contributed by atoms with Crippen molar-refractivity contribution in [3.05, 3.63) is 33.4 Å². The number of H-pyrrole nitrogens is 1. The highest BCUT2D eigenvalue weighted by atomic mass is 31.3. The molecule has 1 aliphatic rings. The summed E-state index contributed by atoms with van der Waals surface area (Å²) in [5, 5.41) is 20.4. The first-order valence-electron chi connectivity index (χ1n) is 8.35. The Balaban J connectivity index is 1.77. The molecule has 1 fully saturated rings. The molecule has 19 nitrogen and oxygen atoms in total. The van der Waals surface area contributed by atoms with Crippen LogP contribution in [0.3, 0.4) is 0 Å². The standard InChI is InChI=1S/C11H15N4O15P3/c16-7-4(1-27-32(23,24)30-33(25,26)29-31(20,21)22)28-11(8(7)17)15-3-14-5-6(15)10(19)13-2-12-9(5)18/h2-4,7-8,11,16-17H,1H2,(H,23,24)(H,25,26)(H2,20,21,22)(H,12,13,18,19)/t4-,7-,8-,11-/m0/s1. The highest BCUT2D eigenvalue weighted by molar-refractivity contribution is 7.66. The van der Waals surface area contributed by atoms with Crippen molar-refractivity contribution in [3.8, 4) is 0 Å². The first-order valence-corrected chi connectivity index (χ1v) is 12.9. The minimum absolute atomic E-state index is 0.373. The highest BCUT2D eigenvalue weighted by Crippen LogP contribution is 2.66. The van der Waals surface area contributed by atoms with Crippen LogP contribution in [-0.2, 0) is 31.6 Å². The Morgan fingerprint density at radius 2 is 1.70 bits per heavy atom. The number of nitrogens with one attached hydrogen (secondary N) is 1. The Morgan fingerprint density at radius 1 is 1.03 bits per heavy atom. The third kappa shape index (κ3) is 6.06. The van der Waals surface area contributed by atoms with Gasteiger partial charge in [0.25, 0.3) is 11.1 Å². The van der Waals surface area contributed by atoms with Gasteiger partial charge in [-0.25, -0.2) is 18.7 Å². The van der Waals surface area contributed by atoms with Gasteiger partial charge in [0.1, 0.15) is 23.8 Å². The number of nitrogens with zero attached hydrogens (tertiary/aromatic N) is 3. The van der Waals surface area contributed by atoms with Crippen molar-refractivity contribution in [1.82, 2.24) is 19.5 Å². The van der Waals surface area contributed by atoms with Crippen LogP contribution in [0.25, 0.3) is 11.0 Å². The van der Waals surface area contributed by atoms with Crippen LogP contribution in [0.15, 0.2) is 22.2 Å². The molecule has 3 heterocycles. The topological polar surface area (TPSA) is 290 Å². The van der Waals surface area contributed by atoms with Gasteiger partial charge in [0.05, 0.1) is 19.3 Å². The molecule has 0 saturated carbocycles. The molecule has 22 heteroatoms. The van der Waals surface area contributed by atoms with Gasteiger partial charge in [0.15, 0.2) is 11.7 Å². The van der Waals surface area contributed by atoms with Gasteiger partial charge in [-0.15, -0.1) is 0 Å². The van der Waals surface area contributed by atoms with E-state index < -0.39 is 65.7 Å². The molecule has 3 rings (SSSR count). The van der Waals surface area contributed by atoms with E-state index in [-0.39, 0.29) is 11.0 Å². The lowest BCUT2D eigenvalue weighted by Gasteiger charge is -2.19. The summed E-state index contributed by atoms with van der Waals surface area (Å²) in [5.74, 6) is 0. The Kier molecular flexibility index (Phi) is 7.20. The molecule has 1 saturated heterocycles. The van der Waals surface area contributed by atoms with E-state index in [0.29, 0.717) is 0 Å². The number of ether oxygens (including phenoxy) is 1. The summed E-state index contributed by atoms with van der Waals surface area (Å²) in [4.78, 5) is 69.0. The predicted molar refractivity (Wildman–Crippen MR) is 100 cm³/mol. The van der Waals surface area contributed by atoms with Crippen molar-refractivity contribution in [2.75, 3.05) is 6.61 Å². The fraction of sp³-hybridized carbons (Fsp3) is 0.455. The van der Waals surface area contributed by atoms with Gasteiger partial charge < -0.3 is 39.5 Å². The average Bonchev–Trinajstić information content (AvgIpc) is 3.15. The van der Waals surface area contributed by atoms with Gasteiger partial charge in [-0.05, 0) is 0 Å². The van der Waals surface area contributed by atoms with E-state index in [2.05, 4.69) is 28.1 Å². The summed E-state index contributed by atoms with van der Waals surface area (Å²) in [6.07, 6.45) is -5.00. The van der Waals surface area contributed by atoms with E-state index in [0.717, 1.165) is 17.2 Å². The summed E-state index contributed by atoms with van der Waals surface area (Å²) < 4.78 is 51.4. The monoisotopic (exact) mass is 536 g/mol. The number of phosphoric ester groups is 1. The van der Waals surface area contributed by atoms with E-state index in [1.54, 1.807) is 0 Å². The largest absolute Gasteiger partial charge is 0.490 e. The van der Waals surface area contributed by atoms with Crippen molar-refractivity contribution in [3.63, 3.8) is 0 Å². The van der Waals surface area contributed by atoms with E-state index in [1.807, 2.05) is 0 Å². The zero-order chi connectivity index (χ0) is 24.8. The molecule has 2 aromatic rings. The molecule has 1 aliphatic heterocycles. The molecule has 0 bridgehead atoms. The zero-order valence-corrected chi connectivity index (χ0v) is 18.4. The minimum atomic E-state index is -5.76. The van der Waals surface area contributed by atoms with Crippen LogP contribution in [0.4, 0.5) is 0 Å². The van der Waals surface area contributed by atoms with Crippen LogP contribution >= 0.6 is 23.5 Å². The fourth-order valence-electron chi connectivity index (χ4n) is 2.78. The molecule has 0 spiro atoms. The van der Waals surface area contributed by atoms with E-state index in [1.165, 1.54) is 0 Å². The lowest BCUT2D eigenvalue weighted by Crippen LogP contribution is -2.33. The number of hydrogen-bond donors (Lipinski definition) is 7. The smallest absolute Gasteiger partial charge is 0.387 e. The Labute approximate surface area is 180 Å². The molecule has 0 aliphatic carbocycles. The van der Waals surface area contributed by atoms with E-state index in [4.69, 9.17) is 19.4 Å². The summed E-state index contributed by atoms with van der Waals surface area (Å²) in [5.41, 5.74) is -2.50. The zero-order valence-electron chi connectivity index (χ0n) is 15.7. The second-order valence-electron chi connectivity index (χ2n) is 6.32. The molecule has 184 valence electrons. The summed E-state index contributed by atoms with van der Waals surface area (Å²) in [7, 11) is -16.9. The van der Waals surface area contributed by atoms with Crippen LogP contribution in [0.2, 0.25) is 0 Å². The Morgan fingerprint density at radius 3 is 2.33 bits per heavy atom. The minimum Gasteiger partial charge on any atom is -0.387 e. The molecule has 33 heavy (non-hydrogen) atoms. The van der Waals surface area contributed by atoms with Crippen molar-refractivity contribution < 1.29 is 61.4 Å². The number of aromatic amines is 1.